The third-order valence-electron chi connectivity index (χ3n) is 3.03. The number of hydrogen-bond donors (Lipinski definition) is 1. The van der Waals surface area contributed by atoms with Gasteiger partial charge in [0.05, 0.1) is 6.10 Å². The molecule has 0 saturated carbocycles. The minimum atomic E-state index is -4.25. The van der Waals surface area contributed by atoms with Gasteiger partial charge in [0, 0.05) is 25.4 Å². The number of halogens is 2. The molecule has 0 radical (unpaired) electrons. The smallest absolute Gasteiger partial charge is 0.249 e. The molecule has 1 fully saturated rings. The van der Waals surface area contributed by atoms with Crippen LogP contribution in [0.4, 0.5) is 14.5 Å². The molecule has 1 aromatic carbocycles. The summed E-state index contributed by atoms with van der Waals surface area (Å²) in [5.41, 5.74) is 5.13. The number of anilines is 1. The van der Waals surface area contributed by atoms with Gasteiger partial charge in [-0.15, -0.1) is 0 Å². The van der Waals surface area contributed by atoms with Crippen molar-refractivity contribution in [2.24, 2.45) is 0 Å². The lowest BCUT2D eigenvalue weighted by atomic mass is 10.3. The van der Waals surface area contributed by atoms with E-state index < -0.39 is 26.6 Å². The van der Waals surface area contributed by atoms with Gasteiger partial charge >= 0.3 is 0 Å². The van der Waals surface area contributed by atoms with Crippen LogP contribution in [-0.2, 0) is 14.8 Å². The van der Waals surface area contributed by atoms with Crippen LogP contribution in [0.25, 0.3) is 0 Å². The molecular weight excluding hydrogens is 290 g/mol. The molecule has 0 aromatic heterocycles. The highest BCUT2D eigenvalue weighted by Crippen LogP contribution is 2.26. The Bertz CT molecular complexity index is 584. The van der Waals surface area contributed by atoms with Gasteiger partial charge in [0.1, 0.15) is 11.6 Å². The molecule has 8 heteroatoms. The van der Waals surface area contributed by atoms with Crippen LogP contribution in [0.1, 0.15) is 13.3 Å². The number of sulfonamides is 1. The zero-order chi connectivity index (χ0) is 14.9. The van der Waals surface area contributed by atoms with Crippen LogP contribution >= 0.6 is 0 Å². The van der Waals surface area contributed by atoms with E-state index in [4.69, 9.17) is 10.5 Å². The summed E-state index contributed by atoms with van der Waals surface area (Å²) in [6, 6.07) is 1.60. The molecule has 112 valence electrons. The molecule has 20 heavy (non-hydrogen) atoms. The largest absolute Gasteiger partial charge is 0.399 e. The Morgan fingerprint density at radius 2 is 1.95 bits per heavy atom. The first kappa shape index (κ1) is 15.1. The van der Waals surface area contributed by atoms with Crippen molar-refractivity contribution in [1.29, 1.82) is 0 Å². The van der Waals surface area contributed by atoms with E-state index in [2.05, 4.69) is 0 Å². The Labute approximate surface area is 116 Å². The SMILES string of the molecule is CC1CN(S(=O)(=O)c2c(F)cc(N)cc2F)CCCO1. The first-order chi connectivity index (χ1) is 9.32. The van der Waals surface area contributed by atoms with Crippen LogP contribution in [0.2, 0.25) is 0 Å². The van der Waals surface area contributed by atoms with Crippen molar-refractivity contribution in [1.82, 2.24) is 4.31 Å². The fourth-order valence-corrected chi connectivity index (χ4v) is 3.77. The molecule has 2 rings (SSSR count). The van der Waals surface area contributed by atoms with Gasteiger partial charge in [0.15, 0.2) is 4.90 Å². The van der Waals surface area contributed by atoms with Crippen molar-refractivity contribution in [2.45, 2.75) is 24.3 Å². The van der Waals surface area contributed by atoms with E-state index in [1.165, 1.54) is 0 Å². The Kier molecular flexibility index (Phi) is 4.26. The van der Waals surface area contributed by atoms with Crippen LogP contribution in [0.3, 0.4) is 0 Å². The van der Waals surface area contributed by atoms with Crippen LogP contribution in [-0.4, -0.2) is 38.5 Å². The molecule has 1 aliphatic heterocycles. The second-order valence-corrected chi connectivity index (χ2v) is 6.59. The van der Waals surface area contributed by atoms with E-state index >= 15 is 0 Å². The average molecular weight is 306 g/mol. The zero-order valence-corrected chi connectivity index (χ0v) is 11.8. The molecule has 0 spiro atoms. The minimum Gasteiger partial charge on any atom is -0.399 e. The quantitative estimate of drug-likeness (QED) is 0.837. The van der Waals surface area contributed by atoms with Gasteiger partial charge in [-0.25, -0.2) is 17.2 Å². The summed E-state index contributed by atoms with van der Waals surface area (Å²) in [5, 5.41) is 0. The number of nitrogens with zero attached hydrogens (tertiary/aromatic N) is 1. The summed E-state index contributed by atoms with van der Waals surface area (Å²) in [6.45, 7) is 2.35. The maximum atomic E-state index is 13.8. The molecular formula is C12H16F2N2O3S. The van der Waals surface area contributed by atoms with Gasteiger partial charge < -0.3 is 10.5 Å². The lowest BCUT2D eigenvalue weighted by Gasteiger charge is -2.22. The second-order valence-electron chi connectivity index (χ2n) is 4.71. The van der Waals surface area contributed by atoms with Gasteiger partial charge in [-0.2, -0.15) is 4.31 Å². The molecule has 1 heterocycles. The lowest BCUT2D eigenvalue weighted by molar-refractivity contribution is 0.0751. The molecule has 1 aliphatic rings. The summed E-state index contributed by atoms with van der Waals surface area (Å²) in [6.07, 6.45) is 0.147. The normalized spacial score (nSPS) is 21.6. The van der Waals surface area contributed by atoms with Crippen molar-refractivity contribution in [3.63, 3.8) is 0 Å². The summed E-state index contributed by atoms with van der Waals surface area (Å²) in [4.78, 5) is -0.958. The Balaban J connectivity index is 2.44. The molecule has 5 nitrogen and oxygen atoms in total. The van der Waals surface area contributed by atoms with Crippen molar-refractivity contribution in [3.05, 3.63) is 23.8 Å². The summed E-state index contributed by atoms with van der Waals surface area (Å²) < 4.78 is 58.8. The highest BCUT2D eigenvalue weighted by atomic mass is 32.2. The summed E-state index contributed by atoms with van der Waals surface area (Å²) >= 11 is 0. The van der Waals surface area contributed by atoms with Gasteiger partial charge in [-0.3, -0.25) is 0 Å². The highest BCUT2D eigenvalue weighted by molar-refractivity contribution is 7.89. The van der Waals surface area contributed by atoms with Crippen molar-refractivity contribution >= 4 is 15.7 Å². The van der Waals surface area contributed by atoms with E-state index in [9.17, 15) is 17.2 Å². The van der Waals surface area contributed by atoms with E-state index in [0.717, 1.165) is 16.4 Å². The predicted octanol–water partition coefficient (Wildman–Crippen LogP) is 1.35. The lowest BCUT2D eigenvalue weighted by Crippen LogP contribution is -2.36. The first-order valence-electron chi connectivity index (χ1n) is 6.18. The molecule has 0 amide bonds. The van der Waals surface area contributed by atoms with Gasteiger partial charge in [0.25, 0.3) is 0 Å². The fourth-order valence-electron chi connectivity index (χ4n) is 2.13. The maximum Gasteiger partial charge on any atom is 0.249 e. The van der Waals surface area contributed by atoms with Crippen LogP contribution in [0.5, 0.6) is 0 Å². The number of benzene rings is 1. The minimum absolute atomic E-state index is 0.0611. The van der Waals surface area contributed by atoms with E-state index in [1.807, 2.05) is 0 Å². The number of nitrogen functional groups attached to an aromatic ring is 1. The third-order valence-corrected chi connectivity index (χ3v) is 4.95. The topological polar surface area (TPSA) is 72.6 Å². The summed E-state index contributed by atoms with van der Waals surface area (Å²) in [5.74, 6) is -2.36. The number of hydrogen-bond acceptors (Lipinski definition) is 4. The Morgan fingerprint density at radius 1 is 1.35 bits per heavy atom. The van der Waals surface area contributed by atoms with E-state index in [0.29, 0.717) is 13.0 Å². The first-order valence-corrected chi connectivity index (χ1v) is 7.62. The number of ether oxygens (including phenoxy) is 1. The Hall–Kier alpha value is -1.25. The van der Waals surface area contributed by atoms with Gasteiger partial charge in [-0.05, 0) is 25.5 Å². The van der Waals surface area contributed by atoms with E-state index in [1.54, 1.807) is 6.92 Å². The summed E-state index contributed by atoms with van der Waals surface area (Å²) in [7, 11) is -4.25. The third kappa shape index (κ3) is 2.92. The van der Waals surface area contributed by atoms with E-state index in [-0.39, 0.29) is 24.9 Å². The standard InChI is InChI=1S/C12H16F2N2O3S/c1-8-7-16(3-2-4-19-8)20(17,18)12-10(13)5-9(15)6-11(12)14/h5-6,8H,2-4,7,15H2,1H3. The fraction of sp³-hybridized carbons (Fsp3) is 0.500. The molecule has 1 saturated heterocycles. The average Bonchev–Trinajstić information content (AvgIpc) is 2.52. The molecule has 2 N–H and O–H groups in total. The van der Waals surface area contributed by atoms with Crippen molar-refractivity contribution in [3.8, 4) is 0 Å². The molecule has 1 atom stereocenters. The predicted molar refractivity (Wildman–Crippen MR) is 69.6 cm³/mol. The monoisotopic (exact) mass is 306 g/mol. The zero-order valence-electron chi connectivity index (χ0n) is 11.0. The van der Waals surface area contributed by atoms with Crippen molar-refractivity contribution in [2.75, 3.05) is 25.4 Å². The molecule has 1 aromatic rings. The molecule has 0 aliphatic carbocycles. The number of rotatable bonds is 2. The highest BCUT2D eigenvalue weighted by Gasteiger charge is 2.33. The maximum absolute atomic E-state index is 13.8. The molecule has 0 bridgehead atoms. The number of nitrogens with two attached hydrogens (primary N) is 1. The van der Waals surface area contributed by atoms with Crippen LogP contribution in [0, 0.1) is 11.6 Å². The van der Waals surface area contributed by atoms with Crippen LogP contribution in [0.15, 0.2) is 17.0 Å². The van der Waals surface area contributed by atoms with Gasteiger partial charge in [-0.1, -0.05) is 0 Å². The van der Waals surface area contributed by atoms with Gasteiger partial charge in [0.2, 0.25) is 10.0 Å². The van der Waals surface area contributed by atoms with Crippen molar-refractivity contribution < 1.29 is 21.9 Å². The Morgan fingerprint density at radius 3 is 2.55 bits per heavy atom. The second kappa shape index (κ2) is 5.63. The van der Waals surface area contributed by atoms with Crippen LogP contribution < -0.4 is 5.73 Å². The molecule has 1 unspecified atom stereocenters.